The summed E-state index contributed by atoms with van der Waals surface area (Å²) in [6.07, 6.45) is 3.58. The lowest BCUT2D eigenvalue weighted by atomic mass is 10.1. The van der Waals surface area contributed by atoms with E-state index in [-0.39, 0.29) is 5.91 Å². The van der Waals surface area contributed by atoms with Gasteiger partial charge in [-0.25, -0.2) is 0 Å². The molecule has 0 saturated heterocycles. The van der Waals surface area contributed by atoms with Crippen LogP contribution in [0.4, 0.5) is 5.69 Å². The molecule has 0 unspecified atom stereocenters. The molecular weight excluding hydrogens is 308 g/mol. The van der Waals surface area contributed by atoms with Gasteiger partial charge >= 0.3 is 0 Å². The Balaban J connectivity index is 2.11. The van der Waals surface area contributed by atoms with E-state index in [1.54, 1.807) is 19.4 Å². The first-order chi connectivity index (χ1) is 9.19. The minimum absolute atomic E-state index is 0.107. The number of H-pyrrole nitrogens is 1. The number of ether oxygens (including phenoxy) is 1. The standard InChI is InChI=1S/C14H11BrN2O2/c1-19-13-4-5-16-12(13)7-10-9-6-8(15)2-3-11(9)17-14(10)18/h2-7,16H,1H3,(H,17,18). The molecular formula is C14H11BrN2O2. The first-order valence-corrected chi connectivity index (χ1v) is 6.52. The zero-order valence-corrected chi connectivity index (χ0v) is 11.7. The van der Waals surface area contributed by atoms with Gasteiger partial charge in [0, 0.05) is 21.9 Å². The lowest BCUT2D eigenvalue weighted by molar-refractivity contribution is -0.110. The lowest BCUT2D eigenvalue weighted by Gasteiger charge is -2.00. The highest BCUT2D eigenvalue weighted by Gasteiger charge is 2.24. The lowest BCUT2D eigenvalue weighted by Crippen LogP contribution is -2.03. The van der Waals surface area contributed by atoms with Gasteiger partial charge < -0.3 is 15.0 Å². The smallest absolute Gasteiger partial charge is 0.256 e. The van der Waals surface area contributed by atoms with Crippen LogP contribution in [0.5, 0.6) is 5.75 Å². The van der Waals surface area contributed by atoms with Gasteiger partial charge in [-0.3, -0.25) is 4.79 Å². The Morgan fingerprint density at radius 3 is 2.95 bits per heavy atom. The van der Waals surface area contributed by atoms with E-state index in [1.165, 1.54) is 0 Å². The first kappa shape index (κ1) is 12.0. The van der Waals surface area contributed by atoms with Gasteiger partial charge in [0.2, 0.25) is 0 Å². The molecule has 96 valence electrons. The van der Waals surface area contributed by atoms with E-state index < -0.39 is 0 Å². The van der Waals surface area contributed by atoms with Crippen molar-refractivity contribution in [3.05, 3.63) is 46.2 Å². The predicted octanol–water partition coefficient (Wildman–Crippen LogP) is 3.28. The Bertz CT molecular complexity index is 689. The summed E-state index contributed by atoms with van der Waals surface area (Å²) in [5.41, 5.74) is 3.11. The molecule has 1 amide bonds. The second-order valence-electron chi connectivity index (χ2n) is 4.16. The number of nitrogens with one attached hydrogen (secondary N) is 2. The van der Waals surface area contributed by atoms with Crippen LogP contribution >= 0.6 is 15.9 Å². The van der Waals surface area contributed by atoms with E-state index >= 15 is 0 Å². The number of rotatable bonds is 2. The van der Waals surface area contributed by atoms with Crippen LogP contribution in [-0.2, 0) is 4.79 Å². The van der Waals surface area contributed by atoms with Crippen LogP contribution in [0.15, 0.2) is 34.9 Å². The maximum Gasteiger partial charge on any atom is 0.256 e. The number of hydrogen-bond acceptors (Lipinski definition) is 2. The zero-order valence-electron chi connectivity index (χ0n) is 10.2. The molecule has 0 fully saturated rings. The first-order valence-electron chi connectivity index (χ1n) is 5.73. The summed E-state index contributed by atoms with van der Waals surface area (Å²) >= 11 is 3.42. The van der Waals surface area contributed by atoms with E-state index in [2.05, 4.69) is 26.2 Å². The molecule has 2 N–H and O–H groups in total. The van der Waals surface area contributed by atoms with Gasteiger partial charge in [0.15, 0.2) is 0 Å². The van der Waals surface area contributed by atoms with Crippen LogP contribution in [0.25, 0.3) is 11.6 Å². The highest BCUT2D eigenvalue weighted by molar-refractivity contribution is 9.10. The zero-order chi connectivity index (χ0) is 13.4. The molecule has 2 heterocycles. The fourth-order valence-corrected chi connectivity index (χ4v) is 2.47. The van der Waals surface area contributed by atoms with Crippen molar-refractivity contribution in [2.75, 3.05) is 12.4 Å². The molecule has 0 saturated carbocycles. The molecule has 0 bridgehead atoms. The molecule has 0 radical (unpaired) electrons. The quantitative estimate of drug-likeness (QED) is 0.835. The maximum absolute atomic E-state index is 12.0. The van der Waals surface area contributed by atoms with E-state index in [4.69, 9.17) is 4.74 Å². The van der Waals surface area contributed by atoms with Crippen LogP contribution in [0.2, 0.25) is 0 Å². The van der Waals surface area contributed by atoms with Crippen molar-refractivity contribution in [2.24, 2.45) is 0 Å². The Kier molecular flexibility index (Phi) is 2.91. The monoisotopic (exact) mass is 318 g/mol. The van der Waals surface area contributed by atoms with Crippen LogP contribution in [0.3, 0.4) is 0 Å². The molecule has 1 aliphatic heterocycles. The van der Waals surface area contributed by atoms with Gasteiger partial charge in [0.25, 0.3) is 5.91 Å². The topological polar surface area (TPSA) is 54.1 Å². The van der Waals surface area contributed by atoms with Gasteiger partial charge in [-0.05, 0) is 30.3 Å². The SMILES string of the molecule is COc1cc[nH]c1C=C1C(=O)Nc2ccc(Br)cc21. The summed E-state index contributed by atoms with van der Waals surface area (Å²) < 4.78 is 6.16. The molecule has 0 aliphatic carbocycles. The summed E-state index contributed by atoms with van der Waals surface area (Å²) in [5.74, 6) is 0.605. The fraction of sp³-hybridized carbons (Fsp3) is 0.0714. The maximum atomic E-state index is 12.0. The molecule has 3 rings (SSSR count). The van der Waals surface area contributed by atoms with Crippen LogP contribution in [0.1, 0.15) is 11.3 Å². The molecule has 0 atom stereocenters. The number of aromatic nitrogens is 1. The fourth-order valence-electron chi connectivity index (χ4n) is 2.11. The Morgan fingerprint density at radius 2 is 2.16 bits per heavy atom. The third kappa shape index (κ3) is 2.06. The minimum Gasteiger partial charge on any atom is -0.495 e. The van der Waals surface area contributed by atoms with Gasteiger partial charge in [0.05, 0.1) is 18.4 Å². The molecule has 2 aromatic rings. The summed E-state index contributed by atoms with van der Waals surface area (Å²) in [4.78, 5) is 15.1. The molecule has 4 nitrogen and oxygen atoms in total. The van der Waals surface area contributed by atoms with E-state index in [0.29, 0.717) is 11.3 Å². The van der Waals surface area contributed by atoms with Crippen molar-refractivity contribution in [3.8, 4) is 5.75 Å². The largest absolute Gasteiger partial charge is 0.495 e. The van der Waals surface area contributed by atoms with E-state index in [9.17, 15) is 4.79 Å². The third-order valence-electron chi connectivity index (χ3n) is 3.01. The van der Waals surface area contributed by atoms with Crippen LogP contribution < -0.4 is 10.1 Å². The van der Waals surface area contributed by atoms with Crippen molar-refractivity contribution in [2.45, 2.75) is 0 Å². The second kappa shape index (κ2) is 4.59. The highest BCUT2D eigenvalue weighted by atomic mass is 79.9. The Labute approximate surface area is 118 Å². The summed E-state index contributed by atoms with van der Waals surface area (Å²) in [6, 6.07) is 7.52. The van der Waals surface area contributed by atoms with Gasteiger partial charge in [0.1, 0.15) is 5.75 Å². The average molecular weight is 319 g/mol. The number of anilines is 1. The number of fused-ring (bicyclic) bond motifs is 1. The van der Waals surface area contributed by atoms with Crippen molar-refractivity contribution in [1.82, 2.24) is 4.98 Å². The molecule has 1 aromatic heterocycles. The Morgan fingerprint density at radius 1 is 1.32 bits per heavy atom. The van der Waals surface area contributed by atoms with Crippen molar-refractivity contribution in [1.29, 1.82) is 0 Å². The van der Waals surface area contributed by atoms with Crippen molar-refractivity contribution >= 4 is 39.2 Å². The second-order valence-corrected chi connectivity index (χ2v) is 5.08. The minimum atomic E-state index is -0.107. The number of amides is 1. The third-order valence-corrected chi connectivity index (χ3v) is 3.51. The predicted molar refractivity (Wildman–Crippen MR) is 78.0 cm³/mol. The van der Waals surface area contributed by atoms with Gasteiger partial charge in [-0.15, -0.1) is 0 Å². The number of methoxy groups -OCH3 is 1. The number of halogens is 1. The van der Waals surface area contributed by atoms with E-state index in [1.807, 2.05) is 24.3 Å². The molecule has 0 spiro atoms. The number of benzene rings is 1. The van der Waals surface area contributed by atoms with E-state index in [0.717, 1.165) is 21.4 Å². The van der Waals surface area contributed by atoms with Crippen LogP contribution in [0, 0.1) is 0 Å². The van der Waals surface area contributed by atoms with Gasteiger partial charge in [-0.2, -0.15) is 0 Å². The highest BCUT2D eigenvalue weighted by Crippen LogP contribution is 2.35. The molecule has 19 heavy (non-hydrogen) atoms. The number of carbonyl (C=O) groups is 1. The van der Waals surface area contributed by atoms with Crippen molar-refractivity contribution < 1.29 is 9.53 Å². The normalized spacial score (nSPS) is 15.5. The summed E-state index contributed by atoms with van der Waals surface area (Å²) in [5, 5.41) is 2.84. The Hall–Kier alpha value is -2.01. The van der Waals surface area contributed by atoms with Crippen molar-refractivity contribution in [3.63, 3.8) is 0 Å². The average Bonchev–Trinajstić information content (AvgIpc) is 2.96. The van der Waals surface area contributed by atoms with Crippen LogP contribution in [-0.4, -0.2) is 18.0 Å². The molecule has 1 aliphatic rings. The number of hydrogen-bond donors (Lipinski definition) is 2. The number of aromatic amines is 1. The summed E-state index contributed by atoms with van der Waals surface area (Å²) in [7, 11) is 1.60. The summed E-state index contributed by atoms with van der Waals surface area (Å²) in [6.45, 7) is 0. The number of carbonyl (C=O) groups excluding carboxylic acids is 1. The molecule has 1 aromatic carbocycles. The van der Waals surface area contributed by atoms with Gasteiger partial charge in [-0.1, -0.05) is 15.9 Å². The molecule has 5 heteroatoms.